The number of aromatic amines is 1. The van der Waals surface area contributed by atoms with E-state index in [9.17, 15) is 9.90 Å². The molecule has 134 valence electrons. The molecule has 0 saturated carbocycles. The van der Waals surface area contributed by atoms with Crippen LogP contribution in [0.25, 0.3) is 17.4 Å². The molecule has 1 N–H and O–H groups in total. The molecule has 2 aromatic heterocycles. The number of nitrogens with one attached hydrogen (secondary N) is 1. The number of thioether (sulfide) groups is 1. The Morgan fingerprint density at radius 2 is 2.08 bits per heavy atom. The number of carboxylic acids is 1. The molecule has 0 aliphatic carbocycles. The summed E-state index contributed by atoms with van der Waals surface area (Å²) in [5.74, 6) is 0.404. The SMILES string of the molecule is CCCc1nc(S/C(=C/c2ccc(-c3ccc(Cl)cc3)o2)C(=O)[O-])n[nH]1. The summed E-state index contributed by atoms with van der Waals surface area (Å²) in [4.78, 5) is 15.6. The molecular formula is C18H15ClN3O3S-. The zero-order valence-electron chi connectivity index (χ0n) is 13.9. The lowest BCUT2D eigenvalue weighted by molar-refractivity contribution is -0.298. The molecule has 0 atom stereocenters. The van der Waals surface area contributed by atoms with Gasteiger partial charge < -0.3 is 14.3 Å². The van der Waals surface area contributed by atoms with Gasteiger partial charge >= 0.3 is 0 Å². The summed E-state index contributed by atoms with van der Waals surface area (Å²) in [5, 5.41) is 19.2. The van der Waals surface area contributed by atoms with Gasteiger partial charge in [-0.1, -0.05) is 18.5 Å². The number of carboxylic acid groups (broad SMARTS) is 1. The maximum Gasteiger partial charge on any atom is 0.213 e. The molecule has 0 bridgehead atoms. The van der Waals surface area contributed by atoms with Crippen molar-refractivity contribution < 1.29 is 14.3 Å². The summed E-state index contributed by atoms with van der Waals surface area (Å²) in [5.41, 5.74) is 0.842. The second kappa shape index (κ2) is 8.25. The first-order chi connectivity index (χ1) is 12.5. The summed E-state index contributed by atoms with van der Waals surface area (Å²) in [6.45, 7) is 2.02. The van der Waals surface area contributed by atoms with Crippen LogP contribution in [0.5, 0.6) is 0 Å². The van der Waals surface area contributed by atoms with Crippen LogP contribution >= 0.6 is 23.4 Å². The third kappa shape index (κ3) is 4.56. The van der Waals surface area contributed by atoms with Crippen molar-refractivity contribution in [2.75, 3.05) is 0 Å². The van der Waals surface area contributed by atoms with E-state index in [1.54, 1.807) is 24.3 Å². The van der Waals surface area contributed by atoms with Crippen LogP contribution < -0.4 is 5.11 Å². The smallest absolute Gasteiger partial charge is 0.213 e. The Kier molecular flexibility index (Phi) is 5.80. The number of hydrogen-bond donors (Lipinski definition) is 1. The van der Waals surface area contributed by atoms with E-state index in [4.69, 9.17) is 16.0 Å². The minimum absolute atomic E-state index is 0.0379. The molecule has 1 aromatic carbocycles. The number of aryl methyl sites for hydroxylation is 1. The van der Waals surface area contributed by atoms with E-state index in [-0.39, 0.29) is 4.91 Å². The number of nitrogens with zero attached hydrogens (tertiary/aromatic N) is 2. The molecule has 0 amide bonds. The van der Waals surface area contributed by atoms with Gasteiger partial charge in [0.05, 0.1) is 5.97 Å². The largest absolute Gasteiger partial charge is 0.544 e. The number of carbonyl (C=O) groups is 1. The molecule has 6 nitrogen and oxygen atoms in total. The molecule has 0 aliphatic rings. The molecule has 0 fully saturated rings. The number of rotatable bonds is 7. The lowest BCUT2D eigenvalue weighted by atomic mass is 10.2. The Morgan fingerprint density at radius 3 is 2.77 bits per heavy atom. The monoisotopic (exact) mass is 388 g/mol. The van der Waals surface area contributed by atoms with Crippen LogP contribution in [0, 0.1) is 0 Å². The molecule has 3 rings (SSSR count). The third-order valence-electron chi connectivity index (χ3n) is 3.43. The lowest BCUT2D eigenvalue weighted by Gasteiger charge is -2.04. The normalized spacial score (nSPS) is 11.7. The first-order valence-electron chi connectivity index (χ1n) is 7.93. The number of carbonyl (C=O) groups excluding carboxylic acids is 1. The fourth-order valence-corrected chi connectivity index (χ4v) is 3.06. The van der Waals surface area contributed by atoms with Gasteiger partial charge in [0.15, 0.2) is 0 Å². The van der Waals surface area contributed by atoms with Crippen molar-refractivity contribution in [3.8, 4) is 11.3 Å². The van der Waals surface area contributed by atoms with Gasteiger partial charge in [-0.05, 0) is 60.7 Å². The van der Waals surface area contributed by atoms with Crippen molar-refractivity contribution in [3.63, 3.8) is 0 Å². The minimum atomic E-state index is -1.32. The Labute approximate surface area is 159 Å². The van der Waals surface area contributed by atoms with Gasteiger partial charge in [0, 0.05) is 21.9 Å². The van der Waals surface area contributed by atoms with Crippen molar-refractivity contribution in [3.05, 3.63) is 57.9 Å². The van der Waals surface area contributed by atoms with Gasteiger partial charge in [0.25, 0.3) is 0 Å². The average molecular weight is 389 g/mol. The van der Waals surface area contributed by atoms with Gasteiger partial charge in [-0.2, -0.15) is 0 Å². The van der Waals surface area contributed by atoms with Crippen LogP contribution in [0.4, 0.5) is 0 Å². The molecule has 3 aromatic rings. The Morgan fingerprint density at radius 1 is 1.31 bits per heavy atom. The maximum atomic E-state index is 11.4. The van der Waals surface area contributed by atoms with E-state index >= 15 is 0 Å². The second-order valence-corrected chi connectivity index (χ2v) is 6.87. The molecule has 0 aliphatic heterocycles. The van der Waals surface area contributed by atoms with Gasteiger partial charge in [-0.25, -0.2) is 4.98 Å². The molecule has 26 heavy (non-hydrogen) atoms. The molecule has 2 heterocycles. The van der Waals surface area contributed by atoms with E-state index in [2.05, 4.69) is 15.2 Å². The number of hydrogen-bond acceptors (Lipinski definition) is 6. The molecule has 0 saturated heterocycles. The van der Waals surface area contributed by atoms with E-state index in [1.165, 1.54) is 6.08 Å². The van der Waals surface area contributed by atoms with E-state index in [0.717, 1.165) is 36.0 Å². The highest BCUT2D eigenvalue weighted by atomic mass is 35.5. The summed E-state index contributed by atoms with van der Waals surface area (Å²) in [7, 11) is 0. The molecule has 8 heteroatoms. The number of halogens is 1. The van der Waals surface area contributed by atoms with E-state index in [1.807, 2.05) is 19.1 Å². The Hall–Kier alpha value is -2.51. The van der Waals surface area contributed by atoms with Crippen molar-refractivity contribution in [1.29, 1.82) is 0 Å². The van der Waals surface area contributed by atoms with Crippen molar-refractivity contribution >= 4 is 35.4 Å². The van der Waals surface area contributed by atoms with Crippen molar-refractivity contribution in [2.45, 2.75) is 24.9 Å². The van der Waals surface area contributed by atoms with Crippen LogP contribution in [0.15, 0.2) is 50.9 Å². The zero-order chi connectivity index (χ0) is 18.5. The number of furan rings is 1. The minimum Gasteiger partial charge on any atom is -0.544 e. The Balaban J connectivity index is 1.80. The standard InChI is InChI=1S/C18H16ClN3O3S/c1-2-3-16-20-18(22-21-16)26-15(17(23)24)10-13-8-9-14(25-13)11-4-6-12(19)7-5-11/h4-10H,2-3H2,1H3,(H,23,24)(H,20,21,22)/p-1/b15-10+. The van der Waals surface area contributed by atoms with Crippen LogP contribution in [-0.4, -0.2) is 21.2 Å². The number of benzene rings is 1. The topological polar surface area (TPSA) is 94.8 Å². The predicted octanol–water partition coefficient (Wildman–Crippen LogP) is 3.55. The summed E-state index contributed by atoms with van der Waals surface area (Å²) in [6.07, 6.45) is 3.07. The molecular weight excluding hydrogens is 374 g/mol. The van der Waals surface area contributed by atoms with Gasteiger partial charge in [-0.3, -0.25) is 5.10 Å². The van der Waals surface area contributed by atoms with Crippen molar-refractivity contribution in [1.82, 2.24) is 15.2 Å². The molecule has 0 unspecified atom stereocenters. The average Bonchev–Trinajstić information content (AvgIpc) is 3.25. The van der Waals surface area contributed by atoms with E-state index in [0.29, 0.717) is 21.7 Å². The quantitative estimate of drug-likeness (QED) is 0.491. The van der Waals surface area contributed by atoms with Crippen LogP contribution in [0.2, 0.25) is 5.02 Å². The van der Waals surface area contributed by atoms with Gasteiger partial charge in [-0.15, -0.1) is 5.10 Å². The third-order valence-corrected chi connectivity index (χ3v) is 4.55. The van der Waals surface area contributed by atoms with Crippen LogP contribution in [-0.2, 0) is 11.2 Å². The highest BCUT2D eigenvalue weighted by Crippen LogP contribution is 2.28. The molecule has 0 spiro atoms. The van der Waals surface area contributed by atoms with Gasteiger partial charge in [0.1, 0.15) is 17.3 Å². The number of H-pyrrole nitrogens is 1. The lowest BCUT2D eigenvalue weighted by Crippen LogP contribution is -2.23. The first-order valence-corrected chi connectivity index (χ1v) is 9.12. The summed E-state index contributed by atoms with van der Waals surface area (Å²) < 4.78 is 5.70. The number of aliphatic carboxylic acids is 1. The van der Waals surface area contributed by atoms with E-state index < -0.39 is 5.97 Å². The fourth-order valence-electron chi connectivity index (χ4n) is 2.23. The zero-order valence-corrected chi connectivity index (χ0v) is 15.4. The fraction of sp³-hybridized carbons (Fsp3) is 0.167. The van der Waals surface area contributed by atoms with Crippen molar-refractivity contribution in [2.24, 2.45) is 0 Å². The van der Waals surface area contributed by atoms with Gasteiger partial charge in [0.2, 0.25) is 5.16 Å². The maximum absolute atomic E-state index is 11.4. The molecule has 0 radical (unpaired) electrons. The van der Waals surface area contributed by atoms with Crippen LogP contribution in [0.1, 0.15) is 24.9 Å². The predicted molar refractivity (Wildman–Crippen MR) is 98.4 cm³/mol. The highest BCUT2D eigenvalue weighted by Gasteiger charge is 2.10. The number of aromatic nitrogens is 3. The first kappa shape index (κ1) is 18.3. The Bertz CT molecular complexity index is 931. The summed E-state index contributed by atoms with van der Waals surface area (Å²) >= 11 is 6.79. The highest BCUT2D eigenvalue weighted by molar-refractivity contribution is 8.04. The van der Waals surface area contributed by atoms with Crippen LogP contribution in [0.3, 0.4) is 0 Å². The second-order valence-electron chi connectivity index (χ2n) is 5.42. The summed E-state index contributed by atoms with van der Waals surface area (Å²) in [6, 6.07) is 10.6.